The largest absolute Gasteiger partial charge is 0.481 e. The zero-order valence-corrected chi connectivity index (χ0v) is 15.3. The molecule has 2 rings (SSSR count). The molecular formula is C17H26N2O5S. The number of carbonyl (C=O) groups excluding carboxylic acids is 3. The molecule has 25 heavy (non-hydrogen) atoms. The Morgan fingerprint density at radius 1 is 1.28 bits per heavy atom. The fraction of sp³-hybridized carbons (Fsp3) is 0.765. The average molecular weight is 370 g/mol. The smallest absolute Gasteiger partial charge is 0.307 e. The van der Waals surface area contributed by atoms with E-state index in [9.17, 15) is 24.3 Å². The zero-order chi connectivity index (χ0) is 18.4. The van der Waals surface area contributed by atoms with Gasteiger partial charge in [-0.2, -0.15) is 11.8 Å². The van der Waals surface area contributed by atoms with E-state index in [1.165, 1.54) is 18.7 Å². The highest BCUT2D eigenvalue weighted by Gasteiger charge is 2.39. The monoisotopic (exact) mass is 370 g/mol. The molecule has 0 radical (unpaired) electrons. The third kappa shape index (κ3) is 5.45. The van der Waals surface area contributed by atoms with Gasteiger partial charge in [-0.25, -0.2) is 0 Å². The molecule has 0 aromatic heterocycles. The van der Waals surface area contributed by atoms with Crippen molar-refractivity contribution in [3.8, 4) is 0 Å². The van der Waals surface area contributed by atoms with Crippen LogP contribution in [0.15, 0.2) is 0 Å². The predicted octanol–water partition coefficient (Wildman–Crippen LogP) is 0.917. The number of Topliss-reactive ketones (excluding diaryl/α,β-unsaturated/α-hetero) is 1. The van der Waals surface area contributed by atoms with Crippen LogP contribution in [-0.4, -0.2) is 64.2 Å². The maximum atomic E-state index is 12.6. The Balaban J connectivity index is 1.90. The quantitative estimate of drug-likeness (QED) is 0.691. The summed E-state index contributed by atoms with van der Waals surface area (Å²) in [5, 5.41) is 11.9. The number of carboxylic acid groups (broad SMARTS) is 1. The minimum Gasteiger partial charge on any atom is -0.481 e. The fourth-order valence-corrected chi connectivity index (χ4v) is 4.75. The van der Waals surface area contributed by atoms with E-state index in [-0.39, 0.29) is 17.6 Å². The van der Waals surface area contributed by atoms with Crippen molar-refractivity contribution in [2.45, 2.75) is 45.1 Å². The Hall–Kier alpha value is -1.57. The second-order valence-corrected chi connectivity index (χ2v) is 7.81. The number of carboxylic acids is 1. The van der Waals surface area contributed by atoms with E-state index in [4.69, 9.17) is 0 Å². The number of aliphatic carboxylic acids is 1. The molecule has 1 aliphatic carbocycles. The Morgan fingerprint density at radius 2 is 1.96 bits per heavy atom. The summed E-state index contributed by atoms with van der Waals surface area (Å²) < 4.78 is 0. The van der Waals surface area contributed by atoms with Crippen LogP contribution < -0.4 is 5.32 Å². The number of amides is 2. The average Bonchev–Trinajstić information content (AvgIpc) is 2.95. The number of nitrogens with one attached hydrogen (secondary N) is 1. The minimum absolute atomic E-state index is 0.0154. The van der Waals surface area contributed by atoms with E-state index in [1.807, 2.05) is 0 Å². The van der Waals surface area contributed by atoms with Gasteiger partial charge < -0.3 is 15.3 Å². The molecule has 2 aliphatic rings. The van der Waals surface area contributed by atoms with Gasteiger partial charge in [0.15, 0.2) is 0 Å². The van der Waals surface area contributed by atoms with Gasteiger partial charge in [0.1, 0.15) is 11.8 Å². The summed E-state index contributed by atoms with van der Waals surface area (Å²) in [5.41, 5.74) is 0. The molecule has 0 spiro atoms. The van der Waals surface area contributed by atoms with Crippen molar-refractivity contribution in [2.75, 3.05) is 24.6 Å². The van der Waals surface area contributed by atoms with Crippen LogP contribution in [0.1, 0.15) is 39.0 Å². The second kappa shape index (κ2) is 9.22. The summed E-state index contributed by atoms with van der Waals surface area (Å²) in [5.74, 6) is -1.70. The Kier molecular flexibility index (Phi) is 7.28. The zero-order valence-electron chi connectivity index (χ0n) is 14.5. The standard InChI is InChI=1S/C17H26N2O5S/c1-11(20)18-14(16(22)19-7-3-2-4-8-19)10-25-9-13-12(17(23)24)5-6-15(13)21/h12-14H,2-10H2,1H3,(H,18,20)(H,23,24). The molecule has 3 unspecified atom stereocenters. The second-order valence-electron chi connectivity index (χ2n) is 6.73. The molecule has 1 saturated carbocycles. The van der Waals surface area contributed by atoms with Gasteiger partial charge >= 0.3 is 5.97 Å². The van der Waals surface area contributed by atoms with E-state index >= 15 is 0 Å². The highest BCUT2D eigenvalue weighted by Crippen LogP contribution is 2.31. The van der Waals surface area contributed by atoms with Crippen LogP contribution >= 0.6 is 11.8 Å². The molecule has 8 heteroatoms. The van der Waals surface area contributed by atoms with Gasteiger partial charge in [-0.1, -0.05) is 0 Å². The molecule has 0 aromatic rings. The summed E-state index contributed by atoms with van der Waals surface area (Å²) in [6, 6.07) is -0.625. The number of likely N-dealkylation sites (tertiary alicyclic amines) is 1. The first kappa shape index (κ1) is 19.8. The molecule has 2 N–H and O–H groups in total. The number of carbonyl (C=O) groups is 4. The first-order chi connectivity index (χ1) is 11.9. The van der Waals surface area contributed by atoms with Crippen LogP contribution in [0.2, 0.25) is 0 Å². The van der Waals surface area contributed by atoms with E-state index in [0.29, 0.717) is 37.4 Å². The van der Waals surface area contributed by atoms with E-state index in [2.05, 4.69) is 5.32 Å². The van der Waals surface area contributed by atoms with Crippen molar-refractivity contribution in [3.63, 3.8) is 0 Å². The topological polar surface area (TPSA) is 104 Å². The number of thioether (sulfide) groups is 1. The number of rotatable bonds is 7. The van der Waals surface area contributed by atoms with Crippen LogP contribution in [0.5, 0.6) is 0 Å². The highest BCUT2D eigenvalue weighted by molar-refractivity contribution is 7.99. The van der Waals surface area contributed by atoms with Crippen LogP contribution in [0.25, 0.3) is 0 Å². The highest BCUT2D eigenvalue weighted by atomic mass is 32.2. The van der Waals surface area contributed by atoms with Crippen molar-refractivity contribution in [3.05, 3.63) is 0 Å². The first-order valence-electron chi connectivity index (χ1n) is 8.79. The van der Waals surface area contributed by atoms with Crippen molar-refractivity contribution < 1.29 is 24.3 Å². The summed E-state index contributed by atoms with van der Waals surface area (Å²) in [6.07, 6.45) is 3.76. The van der Waals surface area contributed by atoms with Crippen molar-refractivity contribution in [1.82, 2.24) is 10.2 Å². The molecule has 1 aliphatic heterocycles. The Labute approximate surface area is 151 Å². The number of hydrogen-bond acceptors (Lipinski definition) is 5. The lowest BCUT2D eigenvalue weighted by Crippen LogP contribution is -2.50. The van der Waals surface area contributed by atoms with E-state index in [0.717, 1.165) is 19.3 Å². The van der Waals surface area contributed by atoms with Crippen LogP contribution in [0, 0.1) is 11.8 Å². The van der Waals surface area contributed by atoms with Gasteiger partial charge in [0.25, 0.3) is 0 Å². The molecule has 140 valence electrons. The lowest BCUT2D eigenvalue weighted by Gasteiger charge is -2.30. The molecule has 7 nitrogen and oxygen atoms in total. The lowest BCUT2D eigenvalue weighted by molar-refractivity contribution is -0.143. The lowest BCUT2D eigenvalue weighted by atomic mass is 9.98. The first-order valence-corrected chi connectivity index (χ1v) is 9.94. The number of hydrogen-bond donors (Lipinski definition) is 2. The van der Waals surface area contributed by atoms with Crippen LogP contribution in [-0.2, 0) is 19.2 Å². The van der Waals surface area contributed by atoms with E-state index < -0.39 is 23.8 Å². The summed E-state index contributed by atoms with van der Waals surface area (Å²) in [7, 11) is 0. The SMILES string of the molecule is CC(=O)NC(CSCC1C(=O)CCC1C(=O)O)C(=O)N1CCCCC1. The summed E-state index contributed by atoms with van der Waals surface area (Å²) in [4.78, 5) is 49.0. The Bertz CT molecular complexity index is 533. The van der Waals surface area contributed by atoms with Crippen molar-refractivity contribution in [2.24, 2.45) is 11.8 Å². The molecule has 1 saturated heterocycles. The van der Waals surface area contributed by atoms with Gasteiger partial charge in [0.05, 0.1) is 5.92 Å². The molecule has 2 amide bonds. The molecular weight excluding hydrogens is 344 g/mol. The third-order valence-electron chi connectivity index (χ3n) is 4.84. The predicted molar refractivity (Wildman–Crippen MR) is 94.2 cm³/mol. The third-order valence-corrected chi connectivity index (χ3v) is 6.01. The van der Waals surface area contributed by atoms with Gasteiger partial charge in [-0.05, 0) is 25.7 Å². The molecule has 0 bridgehead atoms. The van der Waals surface area contributed by atoms with Crippen molar-refractivity contribution in [1.29, 1.82) is 0 Å². The summed E-state index contributed by atoms with van der Waals surface area (Å²) >= 11 is 1.37. The normalized spacial score (nSPS) is 24.8. The van der Waals surface area contributed by atoms with Crippen LogP contribution in [0.4, 0.5) is 0 Å². The minimum atomic E-state index is -0.931. The van der Waals surface area contributed by atoms with E-state index in [1.54, 1.807) is 4.90 Å². The van der Waals surface area contributed by atoms with Gasteiger partial charge in [-0.3, -0.25) is 19.2 Å². The van der Waals surface area contributed by atoms with Gasteiger partial charge in [-0.15, -0.1) is 0 Å². The molecule has 2 fully saturated rings. The van der Waals surface area contributed by atoms with Crippen molar-refractivity contribution >= 4 is 35.3 Å². The van der Waals surface area contributed by atoms with Gasteiger partial charge in [0.2, 0.25) is 11.8 Å². The number of nitrogens with zero attached hydrogens (tertiary/aromatic N) is 1. The maximum Gasteiger partial charge on any atom is 0.307 e. The summed E-state index contributed by atoms with van der Waals surface area (Å²) in [6.45, 7) is 2.80. The molecule has 3 atom stereocenters. The maximum absolute atomic E-state index is 12.6. The fourth-order valence-electron chi connectivity index (χ4n) is 3.48. The number of piperidine rings is 1. The molecule has 1 heterocycles. The van der Waals surface area contributed by atoms with Crippen LogP contribution in [0.3, 0.4) is 0 Å². The number of ketones is 1. The molecule has 0 aromatic carbocycles. The Morgan fingerprint density at radius 3 is 2.56 bits per heavy atom. The van der Waals surface area contributed by atoms with Gasteiger partial charge in [0, 0.05) is 43.9 Å².